The van der Waals surface area contributed by atoms with E-state index in [1.165, 1.54) is 13.8 Å². The van der Waals surface area contributed by atoms with Crippen LogP contribution in [0.2, 0.25) is 5.15 Å². The Morgan fingerprint density at radius 3 is 2.78 bits per heavy atom. The molecule has 1 aliphatic rings. The number of nitrogens with one attached hydrogen (secondary N) is 1. The number of hydrogen-bond donors (Lipinski definition) is 1. The molecule has 1 aliphatic heterocycles. The number of nitrogens with zero attached hydrogens (tertiary/aromatic N) is 4. The predicted molar refractivity (Wildman–Crippen MR) is 86.9 cm³/mol. The molecule has 1 atom stereocenters. The molecule has 0 bridgehead atoms. The van der Waals surface area contributed by atoms with Crippen LogP contribution in [0.3, 0.4) is 0 Å². The minimum absolute atomic E-state index is 0.277. The van der Waals surface area contributed by atoms with Crippen molar-refractivity contribution in [3.05, 3.63) is 17.2 Å². The van der Waals surface area contributed by atoms with Crippen LogP contribution in [0.1, 0.15) is 45.4 Å². The lowest BCUT2D eigenvalue weighted by atomic mass is 9.94. The Balaban J connectivity index is 1.94. The van der Waals surface area contributed by atoms with Crippen molar-refractivity contribution in [2.45, 2.75) is 51.2 Å². The average molecular weight is 342 g/mol. The average Bonchev–Trinajstić information content (AvgIpc) is 2.83. The summed E-state index contributed by atoms with van der Waals surface area (Å²) in [5.41, 5.74) is -0.848. The van der Waals surface area contributed by atoms with Gasteiger partial charge < -0.3 is 10.1 Å². The summed E-state index contributed by atoms with van der Waals surface area (Å²) in [5, 5.41) is 8.05. The fraction of sp³-hybridized carbons (Fsp3) is 0.667. The summed E-state index contributed by atoms with van der Waals surface area (Å²) in [6.07, 6.45) is 3.44. The normalized spacial score (nSPS) is 18.3. The Hall–Kier alpha value is -1.47. The summed E-state index contributed by atoms with van der Waals surface area (Å²) in [5.74, 6) is 0.534. The zero-order valence-corrected chi connectivity index (χ0v) is 14.3. The van der Waals surface area contributed by atoms with Crippen LogP contribution in [0.15, 0.2) is 6.20 Å². The van der Waals surface area contributed by atoms with E-state index in [0.717, 1.165) is 26.1 Å². The SMILES string of the molecule is CC(c1nc(Cl)c2cnc(NC3CCOCC3)nn12)C(C)(C)F. The Kier molecular flexibility index (Phi) is 4.42. The molecule has 0 radical (unpaired) electrons. The van der Waals surface area contributed by atoms with E-state index in [2.05, 4.69) is 20.4 Å². The molecule has 3 heterocycles. The molecule has 1 unspecified atom stereocenters. The van der Waals surface area contributed by atoms with Crippen LogP contribution in [0.5, 0.6) is 0 Å². The summed E-state index contributed by atoms with van der Waals surface area (Å²) < 4.78 is 21.2. The van der Waals surface area contributed by atoms with Gasteiger partial charge >= 0.3 is 0 Å². The van der Waals surface area contributed by atoms with Gasteiger partial charge in [0.2, 0.25) is 5.95 Å². The largest absolute Gasteiger partial charge is 0.381 e. The number of fused-ring (bicyclic) bond motifs is 1. The molecule has 0 aromatic carbocycles. The summed E-state index contributed by atoms with van der Waals surface area (Å²) in [4.78, 5) is 8.58. The first kappa shape index (κ1) is 16.4. The van der Waals surface area contributed by atoms with Gasteiger partial charge in [-0.25, -0.2) is 18.9 Å². The first-order valence-corrected chi connectivity index (χ1v) is 8.18. The van der Waals surface area contributed by atoms with Crippen LogP contribution in [0.25, 0.3) is 5.52 Å². The van der Waals surface area contributed by atoms with Crippen molar-refractivity contribution in [3.8, 4) is 0 Å². The molecule has 0 amide bonds. The van der Waals surface area contributed by atoms with Crippen LogP contribution >= 0.6 is 11.6 Å². The maximum Gasteiger partial charge on any atom is 0.241 e. The smallest absolute Gasteiger partial charge is 0.241 e. The van der Waals surface area contributed by atoms with E-state index in [-0.39, 0.29) is 11.2 Å². The Morgan fingerprint density at radius 1 is 1.43 bits per heavy atom. The highest BCUT2D eigenvalue weighted by Crippen LogP contribution is 2.32. The number of imidazole rings is 1. The van der Waals surface area contributed by atoms with Crippen LogP contribution < -0.4 is 5.32 Å². The van der Waals surface area contributed by atoms with Crippen molar-refractivity contribution in [3.63, 3.8) is 0 Å². The van der Waals surface area contributed by atoms with Crippen molar-refractivity contribution in [1.82, 2.24) is 19.6 Å². The van der Waals surface area contributed by atoms with Gasteiger partial charge in [-0.1, -0.05) is 18.5 Å². The maximum atomic E-state index is 14.3. The highest BCUT2D eigenvalue weighted by Gasteiger charge is 2.31. The quantitative estimate of drug-likeness (QED) is 0.925. The summed E-state index contributed by atoms with van der Waals surface area (Å²) >= 11 is 6.14. The molecule has 1 fully saturated rings. The minimum Gasteiger partial charge on any atom is -0.381 e. The highest BCUT2D eigenvalue weighted by molar-refractivity contribution is 6.32. The molecule has 0 spiro atoms. The van der Waals surface area contributed by atoms with Crippen molar-refractivity contribution in [2.24, 2.45) is 0 Å². The van der Waals surface area contributed by atoms with E-state index in [4.69, 9.17) is 16.3 Å². The summed E-state index contributed by atoms with van der Waals surface area (Å²) in [7, 11) is 0. The zero-order valence-electron chi connectivity index (χ0n) is 13.5. The highest BCUT2D eigenvalue weighted by atomic mass is 35.5. The monoisotopic (exact) mass is 341 g/mol. The summed E-state index contributed by atoms with van der Waals surface area (Å²) in [6, 6.07) is 0.277. The first-order chi connectivity index (χ1) is 10.9. The first-order valence-electron chi connectivity index (χ1n) is 7.80. The van der Waals surface area contributed by atoms with Crippen molar-refractivity contribution in [1.29, 1.82) is 0 Å². The molecule has 0 aliphatic carbocycles. The number of rotatable bonds is 4. The number of halogens is 2. The van der Waals surface area contributed by atoms with Gasteiger partial charge in [0.15, 0.2) is 5.15 Å². The van der Waals surface area contributed by atoms with Crippen LogP contribution in [0.4, 0.5) is 10.3 Å². The second-order valence-electron chi connectivity index (χ2n) is 6.46. The van der Waals surface area contributed by atoms with E-state index >= 15 is 0 Å². The van der Waals surface area contributed by atoms with E-state index < -0.39 is 11.6 Å². The van der Waals surface area contributed by atoms with Gasteiger partial charge in [-0.2, -0.15) is 0 Å². The van der Waals surface area contributed by atoms with E-state index in [1.54, 1.807) is 17.6 Å². The number of aromatic nitrogens is 4. The minimum atomic E-state index is -1.43. The number of alkyl halides is 1. The number of ether oxygens (including phenoxy) is 1. The fourth-order valence-corrected chi connectivity index (χ4v) is 2.77. The molecule has 2 aromatic heterocycles. The van der Waals surface area contributed by atoms with Crippen LogP contribution in [-0.2, 0) is 4.74 Å². The maximum absolute atomic E-state index is 14.3. The standard InChI is InChI=1S/C15H21ClFN5O/c1-9(15(2,3)17)13-20-12(16)11-8-18-14(21-22(11)13)19-10-4-6-23-7-5-10/h8-10H,4-7H2,1-3H3,(H,19,21). The van der Waals surface area contributed by atoms with Gasteiger partial charge in [-0.15, -0.1) is 5.10 Å². The lowest BCUT2D eigenvalue weighted by molar-refractivity contribution is 0.0903. The van der Waals surface area contributed by atoms with Gasteiger partial charge in [-0.05, 0) is 26.7 Å². The molecular formula is C15H21ClFN5O. The number of hydrogen-bond acceptors (Lipinski definition) is 5. The molecule has 0 saturated carbocycles. The third-order valence-corrected chi connectivity index (χ3v) is 4.62. The fourth-order valence-electron chi connectivity index (χ4n) is 2.55. The molecular weight excluding hydrogens is 321 g/mol. The van der Waals surface area contributed by atoms with E-state index in [0.29, 0.717) is 17.3 Å². The topological polar surface area (TPSA) is 64.3 Å². The van der Waals surface area contributed by atoms with Crippen LogP contribution in [-0.4, -0.2) is 44.5 Å². The molecule has 23 heavy (non-hydrogen) atoms. The van der Waals surface area contributed by atoms with Crippen LogP contribution in [0, 0.1) is 0 Å². The Bertz CT molecular complexity index is 693. The third kappa shape index (κ3) is 3.40. The predicted octanol–water partition coefficient (Wildman–Crippen LogP) is 3.22. The lowest BCUT2D eigenvalue weighted by Gasteiger charge is -2.23. The molecule has 1 saturated heterocycles. The Labute approximate surface area is 139 Å². The zero-order chi connectivity index (χ0) is 16.6. The van der Waals surface area contributed by atoms with Crippen molar-refractivity contribution >= 4 is 23.1 Å². The van der Waals surface area contributed by atoms with Gasteiger partial charge in [0.1, 0.15) is 17.0 Å². The molecule has 1 N–H and O–H groups in total. The third-order valence-electron chi connectivity index (χ3n) is 4.34. The van der Waals surface area contributed by atoms with Crippen molar-refractivity contribution in [2.75, 3.05) is 18.5 Å². The van der Waals surface area contributed by atoms with Gasteiger partial charge in [0.05, 0.1) is 6.20 Å². The second-order valence-corrected chi connectivity index (χ2v) is 6.81. The molecule has 2 aromatic rings. The molecule has 3 rings (SSSR count). The van der Waals surface area contributed by atoms with E-state index in [9.17, 15) is 4.39 Å². The number of anilines is 1. The van der Waals surface area contributed by atoms with Gasteiger partial charge in [0, 0.05) is 25.2 Å². The molecule has 126 valence electrons. The van der Waals surface area contributed by atoms with Crippen molar-refractivity contribution < 1.29 is 9.13 Å². The molecule has 6 nitrogen and oxygen atoms in total. The van der Waals surface area contributed by atoms with Gasteiger partial charge in [0.25, 0.3) is 0 Å². The van der Waals surface area contributed by atoms with E-state index in [1.807, 2.05) is 0 Å². The lowest BCUT2D eigenvalue weighted by Crippen LogP contribution is -2.29. The molecule has 8 heteroatoms. The summed E-state index contributed by atoms with van der Waals surface area (Å²) in [6.45, 7) is 6.28. The second kappa shape index (κ2) is 6.20. The van der Waals surface area contributed by atoms with Gasteiger partial charge in [-0.3, -0.25) is 0 Å². The Morgan fingerprint density at radius 2 is 2.13 bits per heavy atom.